The number of nitrogens with one attached hydrogen (secondary N) is 2. The van der Waals surface area contributed by atoms with Gasteiger partial charge in [0.25, 0.3) is 5.91 Å². The van der Waals surface area contributed by atoms with E-state index in [1.54, 1.807) is 18.2 Å². The lowest BCUT2D eigenvalue weighted by Crippen LogP contribution is -2.25. The van der Waals surface area contributed by atoms with Crippen LogP contribution in [0.25, 0.3) is 0 Å². The van der Waals surface area contributed by atoms with Gasteiger partial charge in [-0.05, 0) is 57.7 Å². The summed E-state index contributed by atoms with van der Waals surface area (Å²) in [4.78, 5) is 23.0. The van der Waals surface area contributed by atoms with Crippen molar-refractivity contribution in [1.82, 2.24) is 20.2 Å². The molecule has 0 fully saturated rings. The van der Waals surface area contributed by atoms with Crippen LogP contribution in [0, 0.1) is 12.7 Å². The summed E-state index contributed by atoms with van der Waals surface area (Å²) in [6, 6.07) is 7.65. The lowest BCUT2D eigenvalue weighted by Gasteiger charge is -2.11. The number of halogens is 1. The smallest absolute Gasteiger partial charge is 0.270 e. The molecule has 0 aliphatic heterocycles. The van der Waals surface area contributed by atoms with Crippen LogP contribution in [0.3, 0.4) is 0 Å². The second-order valence-electron chi connectivity index (χ2n) is 6.11. The van der Waals surface area contributed by atoms with Crippen molar-refractivity contribution in [3.63, 3.8) is 0 Å². The summed E-state index contributed by atoms with van der Waals surface area (Å²) in [5, 5.41) is 5.93. The van der Waals surface area contributed by atoms with Crippen molar-refractivity contribution >= 4 is 11.9 Å². The molecule has 1 amide bonds. The maximum absolute atomic E-state index is 12.9. The highest BCUT2D eigenvalue weighted by molar-refractivity contribution is 5.92. The van der Waals surface area contributed by atoms with Crippen LogP contribution in [0.1, 0.15) is 28.2 Å². The van der Waals surface area contributed by atoms with Gasteiger partial charge < -0.3 is 15.5 Å². The van der Waals surface area contributed by atoms with E-state index in [0.717, 1.165) is 30.8 Å². The molecule has 1 aromatic heterocycles. The second kappa shape index (κ2) is 9.08. The molecule has 0 aliphatic carbocycles. The van der Waals surface area contributed by atoms with Gasteiger partial charge in [0, 0.05) is 18.8 Å². The lowest BCUT2D eigenvalue weighted by molar-refractivity contribution is 0.0945. The molecule has 6 nitrogen and oxygen atoms in total. The Hall–Kier alpha value is -2.54. The number of aromatic nitrogens is 2. The first-order chi connectivity index (χ1) is 11.9. The molecule has 134 valence electrons. The van der Waals surface area contributed by atoms with Crippen molar-refractivity contribution in [1.29, 1.82) is 0 Å². The standard InChI is InChI=1S/C18H24FN5O/c1-13-11-16(23-18(22-13)20-9-4-10-24(2)3)17(25)21-12-14-5-7-15(19)8-6-14/h5-8,11H,4,9-10,12H2,1-3H3,(H,21,25)(H,20,22,23). The van der Waals surface area contributed by atoms with E-state index in [1.807, 2.05) is 21.0 Å². The van der Waals surface area contributed by atoms with Gasteiger partial charge in [0.2, 0.25) is 5.95 Å². The van der Waals surface area contributed by atoms with E-state index in [9.17, 15) is 9.18 Å². The topological polar surface area (TPSA) is 70.2 Å². The third-order valence-electron chi connectivity index (χ3n) is 3.52. The normalized spacial score (nSPS) is 10.8. The maximum atomic E-state index is 12.9. The largest absolute Gasteiger partial charge is 0.354 e. The third-order valence-corrected chi connectivity index (χ3v) is 3.52. The van der Waals surface area contributed by atoms with Crippen molar-refractivity contribution in [3.8, 4) is 0 Å². The van der Waals surface area contributed by atoms with Crippen LogP contribution in [0.4, 0.5) is 10.3 Å². The number of hydrogen-bond donors (Lipinski definition) is 2. The number of hydrogen-bond acceptors (Lipinski definition) is 5. The van der Waals surface area contributed by atoms with Crippen molar-refractivity contribution in [2.75, 3.05) is 32.5 Å². The van der Waals surface area contributed by atoms with Gasteiger partial charge in [0.15, 0.2) is 0 Å². The van der Waals surface area contributed by atoms with Crippen LogP contribution in [0.5, 0.6) is 0 Å². The van der Waals surface area contributed by atoms with Crippen molar-refractivity contribution in [2.45, 2.75) is 19.9 Å². The quantitative estimate of drug-likeness (QED) is 0.718. The number of benzene rings is 1. The maximum Gasteiger partial charge on any atom is 0.270 e. The minimum atomic E-state index is -0.300. The first kappa shape index (κ1) is 18.8. The van der Waals surface area contributed by atoms with E-state index in [1.165, 1.54) is 12.1 Å². The Morgan fingerprint density at radius 2 is 1.92 bits per heavy atom. The molecule has 7 heteroatoms. The minimum Gasteiger partial charge on any atom is -0.354 e. The molecule has 0 saturated heterocycles. The number of aryl methyl sites for hydroxylation is 1. The number of amides is 1. The Balaban J connectivity index is 1.93. The van der Waals surface area contributed by atoms with Crippen LogP contribution < -0.4 is 10.6 Å². The molecule has 2 rings (SSSR count). The molecule has 25 heavy (non-hydrogen) atoms. The summed E-state index contributed by atoms with van der Waals surface area (Å²) in [5.74, 6) is -0.136. The Bertz CT molecular complexity index is 703. The van der Waals surface area contributed by atoms with Gasteiger partial charge in [0.05, 0.1) is 0 Å². The molecule has 0 bridgehead atoms. The van der Waals surface area contributed by atoms with Gasteiger partial charge >= 0.3 is 0 Å². The molecule has 0 atom stereocenters. The molecule has 0 saturated carbocycles. The summed E-state index contributed by atoms with van der Waals surface area (Å²) in [5.41, 5.74) is 1.85. The number of nitrogens with zero attached hydrogens (tertiary/aromatic N) is 3. The zero-order valence-electron chi connectivity index (χ0n) is 14.8. The zero-order valence-corrected chi connectivity index (χ0v) is 14.8. The monoisotopic (exact) mass is 345 g/mol. The van der Waals surface area contributed by atoms with Gasteiger partial charge in [-0.15, -0.1) is 0 Å². The molecule has 0 unspecified atom stereocenters. The van der Waals surface area contributed by atoms with Crippen molar-refractivity contribution in [3.05, 3.63) is 53.1 Å². The number of carbonyl (C=O) groups is 1. The zero-order chi connectivity index (χ0) is 18.2. The molecule has 1 heterocycles. The number of anilines is 1. The van der Waals surface area contributed by atoms with Crippen LogP contribution >= 0.6 is 0 Å². The highest BCUT2D eigenvalue weighted by Crippen LogP contribution is 2.07. The van der Waals surface area contributed by atoms with Crippen molar-refractivity contribution in [2.24, 2.45) is 0 Å². The summed E-state index contributed by atoms with van der Waals surface area (Å²) < 4.78 is 12.9. The van der Waals surface area contributed by atoms with Crippen LogP contribution in [-0.2, 0) is 6.54 Å². The predicted molar refractivity (Wildman–Crippen MR) is 96.0 cm³/mol. The SMILES string of the molecule is Cc1cc(C(=O)NCc2ccc(F)cc2)nc(NCCCN(C)C)n1. The Morgan fingerprint density at radius 1 is 1.20 bits per heavy atom. The van der Waals surface area contributed by atoms with E-state index in [4.69, 9.17) is 0 Å². The van der Waals surface area contributed by atoms with E-state index in [0.29, 0.717) is 18.2 Å². The van der Waals surface area contributed by atoms with E-state index < -0.39 is 0 Å². The first-order valence-electron chi connectivity index (χ1n) is 8.21. The fourth-order valence-electron chi connectivity index (χ4n) is 2.23. The van der Waals surface area contributed by atoms with Crippen LogP contribution in [-0.4, -0.2) is 48.0 Å². The van der Waals surface area contributed by atoms with Crippen LogP contribution in [0.2, 0.25) is 0 Å². The summed E-state index contributed by atoms with van der Waals surface area (Å²) in [7, 11) is 4.04. The van der Waals surface area contributed by atoms with Gasteiger partial charge in [-0.1, -0.05) is 12.1 Å². The third kappa shape index (κ3) is 6.46. The van der Waals surface area contributed by atoms with Crippen molar-refractivity contribution < 1.29 is 9.18 Å². The summed E-state index contributed by atoms with van der Waals surface area (Å²) in [6.07, 6.45) is 0.955. The number of carbonyl (C=O) groups excluding carboxylic acids is 1. The molecule has 2 N–H and O–H groups in total. The number of rotatable bonds is 8. The van der Waals surface area contributed by atoms with Crippen LogP contribution in [0.15, 0.2) is 30.3 Å². The van der Waals surface area contributed by atoms with Gasteiger partial charge in [-0.25, -0.2) is 14.4 Å². The average Bonchev–Trinajstić information content (AvgIpc) is 2.57. The Kier molecular flexibility index (Phi) is 6.82. The predicted octanol–water partition coefficient (Wildman–Crippen LogP) is 2.22. The molecule has 0 spiro atoms. The average molecular weight is 345 g/mol. The highest BCUT2D eigenvalue weighted by Gasteiger charge is 2.10. The van der Waals surface area contributed by atoms with E-state index in [2.05, 4.69) is 25.5 Å². The fourth-order valence-corrected chi connectivity index (χ4v) is 2.23. The lowest BCUT2D eigenvalue weighted by atomic mass is 10.2. The first-order valence-corrected chi connectivity index (χ1v) is 8.21. The molecule has 0 aliphatic rings. The summed E-state index contributed by atoms with van der Waals surface area (Å²) in [6.45, 7) is 3.83. The Morgan fingerprint density at radius 3 is 2.60 bits per heavy atom. The molecule has 0 radical (unpaired) electrons. The molecular weight excluding hydrogens is 321 g/mol. The minimum absolute atomic E-state index is 0.286. The van der Waals surface area contributed by atoms with E-state index in [-0.39, 0.29) is 11.7 Å². The van der Waals surface area contributed by atoms with Gasteiger partial charge in [-0.2, -0.15) is 0 Å². The molecular formula is C18H24FN5O. The fraction of sp³-hybridized carbons (Fsp3) is 0.389. The highest BCUT2D eigenvalue weighted by atomic mass is 19.1. The summed E-state index contributed by atoms with van der Waals surface area (Å²) >= 11 is 0. The van der Waals surface area contributed by atoms with E-state index >= 15 is 0 Å². The van der Waals surface area contributed by atoms with Gasteiger partial charge in [-0.3, -0.25) is 4.79 Å². The second-order valence-corrected chi connectivity index (χ2v) is 6.11. The van der Waals surface area contributed by atoms with Gasteiger partial charge in [0.1, 0.15) is 11.5 Å². The molecule has 2 aromatic rings. The Labute approximate surface area is 147 Å². The molecule has 1 aromatic carbocycles.